The van der Waals surface area contributed by atoms with Gasteiger partial charge in [0.2, 0.25) is 0 Å². The predicted molar refractivity (Wildman–Crippen MR) is 121 cm³/mol. The SMILES string of the molecule is COc1ccc(C(=O)Nc2ccc(N3C4CCC3CN(c3ccccn3)C4)cn2)cc1. The summed E-state index contributed by atoms with van der Waals surface area (Å²) in [5, 5.41) is 2.87. The van der Waals surface area contributed by atoms with Crippen LogP contribution in [0.1, 0.15) is 23.2 Å². The van der Waals surface area contributed by atoms with Gasteiger partial charge in [0.15, 0.2) is 0 Å². The normalized spacial score (nSPS) is 19.9. The molecule has 1 N–H and O–H groups in total. The lowest BCUT2D eigenvalue weighted by molar-refractivity contribution is 0.102. The average molecular weight is 415 g/mol. The first-order valence-corrected chi connectivity index (χ1v) is 10.6. The van der Waals surface area contributed by atoms with Crippen molar-refractivity contribution in [2.75, 3.05) is 35.3 Å². The highest BCUT2D eigenvalue weighted by Gasteiger charge is 2.40. The number of nitrogens with one attached hydrogen (secondary N) is 1. The summed E-state index contributed by atoms with van der Waals surface area (Å²) in [6.07, 6.45) is 6.06. The molecule has 2 unspecified atom stereocenters. The second-order valence-corrected chi connectivity index (χ2v) is 7.97. The molecule has 2 aromatic heterocycles. The fourth-order valence-electron chi connectivity index (χ4n) is 4.60. The first-order chi connectivity index (χ1) is 15.2. The Morgan fingerprint density at radius 3 is 2.39 bits per heavy atom. The standard InChI is InChI=1S/C24H25N5O2/c1-31-21-10-5-17(6-11-21)24(30)27-22-12-9-18(14-26-22)29-19-7-8-20(29)16-28(15-19)23-4-2-3-13-25-23/h2-6,9-14,19-20H,7-8,15-16H2,1H3,(H,26,27,30). The van der Waals surface area contributed by atoms with Gasteiger partial charge >= 0.3 is 0 Å². The molecule has 2 bridgehead atoms. The second kappa shape index (κ2) is 8.26. The van der Waals surface area contributed by atoms with Gasteiger partial charge < -0.3 is 19.9 Å². The number of nitrogens with zero attached hydrogens (tertiary/aromatic N) is 4. The Morgan fingerprint density at radius 2 is 1.77 bits per heavy atom. The van der Waals surface area contributed by atoms with Gasteiger partial charge in [-0.2, -0.15) is 0 Å². The Bertz CT molecular complexity index is 1030. The zero-order chi connectivity index (χ0) is 21.2. The number of amides is 1. The van der Waals surface area contributed by atoms with E-state index in [-0.39, 0.29) is 5.91 Å². The summed E-state index contributed by atoms with van der Waals surface area (Å²) in [5.41, 5.74) is 1.67. The first-order valence-electron chi connectivity index (χ1n) is 10.6. The van der Waals surface area contributed by atoms with E-state index in [2.05, 4.69) is 37.2 Å². The number of rotatable bonds is 5. The van der Waals surface area contributed by atoms with E-state index >= 15 is 0 Å². The molecule has 7 heteroatoms. The van der Waals surface area contributed by atoms with Crippen molar-refractivity contribution in [1.82, 2.24) is 9.97 Å². The van der Waals surface area contributed by atoms with Crippen molar-refractivity contribution >= 4 is 23.2 Å². The Morgan fingerprint density at radius 1 is 1.00 bits per heavy atom. The number of carbonyl (C=O) groups excluding carboxylic acids is 1. The number of piperazine rings is 1. The van der Waals surface area contributed by atoms with E-state index in [1.54, 1.807) is 31.4 Å². The molecule has 7 nitrogen and oxygen atoms in total. The molecule has 2 aliphatic heterocycles. The predicted octanol–water partition coefficient (Wildman–Crippen LogP) is 3.60. The molecule has 5 rings (SSSR count). The molecule has 2 aliphatic rings. The van der Waals surface area contributed by atoms with Gasteiger partial charge in [0.05, 0.1) is 19.0 Å². The van der Waals surface area contributed by atoms with Gasteiger partial charge in [-0.3, -0.25) is 4.79 Å². The van der Waals surface area contributed by atoms with Crippen LogP contribution in [-0.4, -0.2) is 48.2 Å². The number of hydrogen-bond acceptors (Lipinski definition) is 6. The molecule has 2 atom stereocenters. The van der Waals surface area contributed by atoms with Crippen LogP contribution in [0.2, 0.25) is 0 Å². The van der Waals surface area contributed by atoms with Crippen molar-refractivity contribution in [2.24, 2.45) is 0 Å². The molecule has 0 saturated carbocycles. The van der Waals surface area contributed by atoms with Gasteiger partial charge in [-0.05, 0) is 61.4 Å². The van der Waals surface area contributed by atoms with E-state index in [9.17, 15) is 4.79 Å². The van der Waals surface area contributed by atoms with Gasteiger partial charge in [0, 0.05) is 36.9 Å². The second-order valence-electron chi connectivity index (χ2n) is 7.97. The minimum Gasteiger partial charge on any atom is -0.497 e. The zero-order valence-corrected chi connectivity index (χ0v) is 17.4. The molecule has 3 aromatic rings. The molecule has 0 aliphatic carbocycles. The molecule has 31 heavy (non-hydrogen) atoms. The summed E-state index contributed by atoms with van der Waals surface area (Å²) in [7, 11) is 1.60. The van der Waals surface area contributed by atoms with Gasteiger partial charge in [-0.1, -0.05) is 6.07 Å². The third-order valence-electron chi connectivity index (χ3n) is 6.10. The minimum absolute atomic E-state index is 0.188. The van der Waals surface area contributed by atoms with Crippen LogP contribution in [0.25, 0.3) is 0 Å². The molecule has 0 radical (unpaired) electrons. The van der Waals surface area contributed by atoms with E-state index in [0.29, 0.717) is 23.5 Å². The summed E-state index contributed by atoms with van der Waals surface area (Å²) in [6.45, 7) is 1.92. The zero-order valence-electron chi connectivity index (χ0n) is 17.4. The lowest BCUT2D eigenvalue weighted by Gasteiger charge is -2.42. The molecule has 158 valence electrons. The Balaban J connectivity index is 1.25. The van der Waals surface area contributed by atoms with Crippen LogP contribution in [0, 0.1) is 0 Å². The smallest absolute Gasteiger partial charge is 0.256 e. The number of benzene rings is 1. The van der Waals surface area contributed by atoms with Crippen LogP contribution >= 0.6 is 0 Å². The highest BCUT2D eigenvalue weighted by atomic mass is 16.5. The molecule has 4 heterocycles. The van der Waals surface area contributed by atoms with Gasteiger partial charge in [0.1, 0.15) is 17.4 Å². The minimum atomic E-state index is -0.188. The van der Waals surface area contributed by atoms with Gasteiger partial charge in [-0.15, -0.1) is 0 Å². The molecule has 2 saturated heterocycles. The van der Waals surface area contributed by atoms with Crippen LogP contribution in [0.3, 0.4) is 0 Å². The molecular weight excluding hydrogens is 390 g/mol. The number of aromatic nitrogens is 2. The number of fused-ring (bicyclic) bond motifs is 2. The number of anilines is 3. The highest BCUT2D eigenvalue weighted by Crippen LogP contribution is 2.36. The van der Waals surface area contributed by atoms with Crippen LogP contribution in [0.5, 0.6) is 5.75 Å². The topological polar surface area (TPSA) is 70.6 Å². The van der Waals surface area contributed by atoms with E-state index in [1.807, 2.05) is 30.6 Å². The largest absolute Gasteiger partial charge is 0.497 e. The molecular formula is C24H25N5O2. The third-order valence-corrected chi connectivity index (χ3v) is 6.10. The summed E-state index contributed by atoms with van der Waals surface area (Å²) in [4.78, 5) is 26.4. The number of hydrogen-bond donors (Lipinski definition) is 1. The van der Waals surface area contributed by atoms with Crippen molar-refractivity contribution in [3.63, 3.8) is 0 Å². The van der Waals surface area contributed by atoms with E-state index in [1.165, 1.54) is 12.8 Å². The summed E-state index contributed by atoms with van der Waals surface area (Å²) < 4.78 is 5.14. The van der Waals surface area contributed by atoms with E-state index < -0.39 is 0 Å². The Kier molecular flexibility index (Phi) is 5.16. The fraction of sp³-hybridized carbons (Fsp3) is 0.292. The van der Waals surface area contributed by atoms with Crippen molar-refractivity contribution in [3.05, 3.63) is 72.6 Å². The Hall–Kier alpha value is -3.61. The maximum atomic E-state index is 12.5. The highest BCUT2D eigenvalue weighted by molar-refractivity contribution is 6.03. The lowest BCUT2D eigenvalue weighted by atomic mass is 10.1. The molecule has 1 amide bonds. The maximum absolute atomic E-state index is 12.5. The van der Waals surface area contributed by atoms with E-state index in [4.69, 9.17) is 4.74 Å². The van der Waals surface area contributed by atoms with Crippen LogP contribution in [0.15, 0.2) is 67.0 Å². The number of pyridine rings is 2. The molecule has 2 fully saturated rings. The van der Waals surface area contributed by atoms with Crippen molar-refractivity contribution in [2.45, 2.75) is 24.9 Å². The van der Waals surface area contributed by atoms with Crippen LogP contribution in [-0.2, 0) is 0 Å². The fourth-order valence-corrected chi connectivity index (χ4v) is 4.60. The average Bonchev–Trinajstić information content (AvgIpc) is 3.09. The third kappa shape index (κ3) is 3.91. The van der Waals surface area contributed by atoms with Gasteiger partial charge in [0.25, 0.3) is 5.91 Å². The van der Waals surface area contributed by atoms with Crippen LogP contribution < -0.4 is 19.9 Å². The lowest BCUT2D eigenvalue weighted by Crippen LogP contribution is -2.54. The summed E-state index contributed by atoms with van der Waals surface area (Å²) >= 11 is 0. The first kappa shape index (κ1) is 19.4. The van der Waals surface area contributed by atoms with Gasteiger partial charge in [-0.25, -0.2) is 9.97 Å². The maximum Gasteiger partial charge on any atom is 0.256 e. The van der Waals surface area contributed by atoms with Crippen molar-refractivity contribution < 1.29 is 9.53 Å². The van der Waals surface area contributed by atoms with E-state index in [0.717, 1.165) is 30.3 Å². The summed E-state index contributed by atoms with van der Waals surface area (Å²) in [5.74, 6) is 2.13. The monoisotopic (exact) mass is 415 g/mol. The van der Waals surface area contributed by atoms with Crippen molar-refractivity contribution in [3.8, 4) is 5.75 Å². The number of methoxy groups -OCH3 is 1. The van der Waals surface area contributed by atoms with Crippen molar-refractivity contribution in [1.29, 1.82) is 0 Å². The van der Waals surface area contributed by atoms with Crippen LogP contribution in [0.4, 0.5) is 17.3 Å². The quantitative estimate of drug-likeness (QED) is 0.687. The number of carbonyl (C=O) groups is 1. The number of ether oxygens (including phenoxy) is 1. The molecule has 1 aromatic carbocycles. The molecule has 0 spiro atoms. The Labute approximate surface area is 181 Å². The summed E-state index contributed by atoms with van der Waals surface area (Å²) in [6, 6.07) is 17.9.